The molecule has 0 saturated heterocycles. The molecule has 112 valence electrons. The number of aromatic nitrogens is 4. The van der Waals surface area contributed by atoms with Gasteiger partial charge in [-0.1, -0.05) is 25.7 Å². The molecule has 5 heteroatoms. The van der Waals surface area contributed by atoms with Crippen LogP contribution in [0.5, 0.6) is 0 Å². The zero-order valence-corrected chi connectivity index (χ0v) is 12.8. The molecule has 1 saturated carbocycles. The summed E-state index contributed by atoms with van der Waals surface area (Å²) in [5.41, 5.74) is 2.09. The number of anilines is 1. The van der Waals surface area contributed by atoms with Crippen LogP contribution in [0.3, 0.4) is 0 Å². The van der Waals surface area contributed by atoms with Crippen LogP contribution in [0.4, 0.5) is 5.82 Å². The summed E-state index contributed by atoms with van der Waals surface area (Å²) in [5, 5.41) is 8.05. The predicted octanol–water partition coefficient (Wildman–Crippen LogP) is 3.41. The molecule has 0 unspecified atom stereocenters. The molecule has 0 aromatic carbocycles. The van der Waals surface area contributed by atoms with Crippen molar-refractivity contribution in [2.75, 3.05) is 5.32 Å². The van der Waals surface area contributed by atoms with E-state index in [-0.39, 0.29) is 0 Å². The maximum Gasteiger partial charge on any atom is 0.159 e. The molecule has 0 bridgehead atoms. The summed E-state index contributed by atoms with van der Waals surface area (Å²) in [6, 6.07) is 4.58. The monoisotopic (exact) mass is 285 g/mol. The molecule has 2 aromatic heterocycles. The van der Waals surface area contributed by atoms with Crippen LogP contribution in [-0.2, 0) is 0 Å². The van der Waals surface area contributed by atoms with Crippen molar-refractivity contribution in [1.82, 2.24) is 19.7 Å². The average molecular weight is 285 g/mol. The van der Waals surface area contributed by atoms with E-state index >= 15 is 0 Å². The highest BCUT2D eigenvalue weighted by atomic mass is 15.3. The lowest BCUT2D eigenvalue weighted by molar-refractivity contribution is 0.617. The minimum absolute atomic E-state index is 0.538. The normalized spacial score (nSPS) is 16.7. The minimum Gasteiger partial charge on any atom is -0.367 e. The van der Waals surface area contributed by atoms with Gasteiger partial charge in [0, 0.05) is 17.8 Å². The van der Waals surface area contributed by atoms with Crippen LogP contribution in [0, 0.1) is 13.8 Å². The lowest BCUT2D eigenvalue weighted by atomic mass is 10.1. The highest BCUT2D eigenvalue weighted by Gasteiger charge is 2.13. The Morgan fingerprint density at radius 2 is 1.81 bits per heavy atom. The lowest BCUT2D eigenvalue weighted by Crippen LogP contribution is -2.19. The maximum absolute atomic E-state index is 4.48. The summed E-state index contributed by atoms with van der Waals surface area (Å²) < 4.78 is 1.87. The number of aryl methyl sites for hydroxylation is 2. The Bertz CT molecular complexity index is 596. The van der Waals surface area contributed by atoms with Gasteiger partial charge in [-0.15, -0.1) is 0 Å². The predicted molar refractivity (Wildman–Crippen MR) is 83.7 cm³/mol. The van der Waals surface area contributed by atoms with E-state index in [0.717, 1.165) is 23.0 Å². The van der Waals surface area contributed by atoms with Crippen LogP contribution in [0.15, 0.2) is 18.5 Å². The molecule has 0 amide bonds. The van der Waals surface area contributed by atoms with Gasteiger partial charge in [0.25, 0.3) is 0 Å². The molecular formula is C16H23N5. The fraction of sp³-hybridized carbons (Fsp3) is 0.562. The fourth-order valence-corrected chi connectivity index (χ4v) is 3.04. The number of rotatable bonds is 3. The summed E-state index contributed by atoms with van der Waals surface area (Å²) in [4.78, 5) is 8.71. The van der Waals surface area contributed by atoms with Crippen molar-refractivity contribution >= 4 is 5.82 Å². The van der Waals surface area contributed by atoms with E-state index in [2.05, 4.69) is 26.4 Å². The smallest absolute Gasteiger partial charge is 0.159 e. The summed E-state index contributed by atoms with van der Waals surface area (Å²) in [5.74, 6) is 1.73. The number of nitrogens with zero attached hydrogens (tertiary/aromatic N) is 4. The highest BCUT2D eigenvalue weighted by Crippen LogP contribution is 2.21. The van der Waals surface area contributed by atoms with Gasteiger partial charge < -0.3 is 5.32 Å². The van der Waals surface area contributed by atoms with Gasteiger partial charge in [0.05, 0.1) is 5.69 Å². The van der Waals surface area contributed by atoms with Gasteiger partial charge in [0.2, 0.25) is 0 Å². The first-order valence-corrected chi connectivity index (χ1v) is 7.84. The SMILES string of the molecule is Cc1cc(C)n(-c2cc(NC3CCCCCC3)ncn2)n1. The first-order chi connectivity index (χ1) is 10.2. The molecule has 2 aromatic rings. The fourth-order valence-electron chi connectivity index (χ4n) is 3.04. The van der Waals surface area contributed by atoms with Crippen LogP contribution < -0.4 is 5.32 Å². The minimum atomic E-state index is 0.538. The Labute approximate surface area is 125 Å². The van der Waals surface area contributed by atoms with Crippen LogP contribution >= 0.6 is 0 Å². The van der Waals surface area contributed by atoms with Gasteiger partial charge in [-0.3, -0.25) is 0 Å². The summed E-state index contributed by atoms with van der Waals surface area (Å²) >= 11 is 0. The van der Waals surface area contributed by atoms with Crippen molar-refractivity contribution < 1.29 is 0 Å². The van der Waals surface area contributed by atoms with Crippen LogP contribution in [0.2, 0.25) is 0 Å². The van der Waals surface area contributed by atoms with Crippen molar-refractivity contribution in [3.63, 3.8) is 0 Å². The molecule has 0 spiro atoms. The zero-order valence-electron chi connectivity index (χ0n) is 12.8. The van der Waals surface area contributed by atoms with Gasteiger partial charge in [0.15, 0.2) is 5.82 Å². The van der Waals surface area contributed by atoms with Crippen molar-refractivity contribution in [3.8, 4) is 5.82 Å². The average Bonchev–Trinajstić information content (AvgIpc) is 2.66. The maximum atomic E-state index is 4.48. The molecule has 1 aliphatic carbocycles. The van der Waals surface area contributed by atoms with Gasteiger partial charge in [-0.25, -0.2) is 14.6 Å². The molecule has 1 aliphatic rings. The molecule has 1 N–H and O–H groups in total. The van der Waals surface area contributed by atoms with Gasteiger partial charge >= 0.3 is 0 Å². The molecule has 21 heavy (non-hydrogen) atoms. The quantitative estimate of drug-likeness (QED) is 0.878. The highest BCUT2D eigenvalue weighted by molar-refractivity contribution is 5.41. The topological polar surface area (TPSA) is 55.6 Å². The second-order valence-electron chi connectivity index (χ2n) is 5.93. The van der Waals surface area contributed by atoms with E-state index in [1.54, 1.807) is 6.33 Å². The molecule has 3 rings (SSSR count). The third kappa shape index (κ3) is 3.40. The van der Waals surface area contributed by atoms with Crippen LogP contribution in [0.25, 0.3) is 5.82 Å². The Kier molecular flexibility index (Phi) is 4.18. The first-order valence-electron chi connectivity index (χ1n) is 7.84. The van der Waals surface area contributed by atoms with E-state index in [1.165, 1.54) is 38.5 Å². The molecule has 5 nitrogen and oxygen atoms in total. The van der Waals surface area contributed by atoms with Gasteiger partial charge in [-0.2, -0.15) is 5.10 Å². The molecular weight excluding hydrogens is 262 g/mol. The number of hydrogen-bond donors (Lipinski definition) is 1. The van der Waals surface area contributed by atoms with Gasteiger partial charge in [0.1, 0.15) is 12.1 Å². The third-order valence-electron chi connectivity index (χ3n) is 4.09. The second kappa shape index (κ2) is 6.24. The van der Waals surface area contributed by atoms with E-state index in [4.69, 9.17) is 0 Å². The lowest BCUT2D eigenvalue weighted by Gasteiger charge is -2.17. The largest absolute Gasteiger partial charge is 0.367 e. The standard InChI is InChI=1S/C16H23N5/c1-12-9-13(2)21(20-12)16-10-15(17-11-18-16)19-14-7-5-3-4-6-8-14/h9-11,14H,3-8H2,1-2H3,(H,17,18,19). The molecule has 0 atom stereocenters. The van der Waals surface area contributed by atoms with Crippen molar-refractivity contribution in [2.45, 2.75) is 58.4 Å². The molecule has 0 aliphatic heterocycles. The summed E-state index contributed by atoms with van der Waals surface area (Å²) in [6.45, 7) is 4.04. The van der Waals surface area contributed by atoms with E-state index in [1.807, 2.05) is 24.6 Å². The Hall–Kier alpha value is -1.91. The molecule has 1 fully saturated rings. The van der Waals surface area contributed by atoms with Crippen LogP contribution in [0.1, 0.15) is 49.9 Å². The van der Waals surface area contributed by atoms with Crippen molar-refractivity contribution in [2.24, 2.45) is 0 Å². The van der Waals surface area contributed by atoms with E-state index in [9.17, 15) is 0 Å². The van der Waals surface area contributed by atoms with Gasteiger partial charge in [-0.05, 0) is 32.8 Å². The number of nitrogens with one attached hydrogen (secondary N) is 1. The van der Waals surface area contributed by atoms with Crippen molar-refractivity contribution in [1.29, 1.82) is 0 Å². The Morgan fingerprint density at radius 1 is 1.05 bits per heavy atom. The molecule has 2 heterocycles. The second-order valence-corrected chi connectivity index (χ2v) is 5.93. The third-order valence-corrected chi connectivity index (χ3v) is 4.09. The number of hydrogen-bond acceptors (Lipinski definition) is 4. The summed E-state index contributed by atoms with van der Waals surface area (Å²) in [6.07, 6.45) is 9.43. The Morgan fingerprint density at radius 3 is 2.48 bits per heavy atom. The zero-order chi connectivity index (χ0) is 14.7. The summed E-state index contributed by atoms with van der Waals surface area (Å²) in [7, 11) is 0. The first kappa shape index (κ1) is 14.0. The van der Waals surface area contributed by atoms with E-state index < -0.39 is 0 Å². The van der Waals surface area contributed by atoms with Crippen LogP contribution in [-0.4, -0.2) is 25.8 Å². The van der Waals surface area contributed by atoms with Crippen molar-refractivity contribution in [3.05, 3.63) is 29.8 Å². The van der Waals surface area contributed by atoms with E-state index in [0.29, 0.717) is 6.04 Å². The molecule has 0 radical (unpaired) electrons. The Balaban J connectivity index is 1.78.